The minimum atomic E-state index is -0.533. The van der Waals surface area contributed by atoms with Crippen molar-refractivity contribution in [3.63, 3.8) is 0 Å². The van der Waals surface area contributed by atoms with Crippen LogP contribution in [0.25, 0.3) is 10.9 Å². The summed E-state index contributed by atoms with van der Waals surface area (Å²) in [7, 11) is 0. The lowest BCUT2D eigenvalue weighted by Crippen LogP contribution is -2.23. The van der Waals surface area contributed by atoms with Crippen LogP contribution in [0.5, 0.6) is 0 Å². The number of hydrogen-bond donors (Lipinski definition) is 1. The maximum absolute atomic E-state index is 13.2. The van der Waals surface area contributed by atoms with Crippen LogP contribution in [-0.2, 0) is 33.5 Å². The van der Waals surface area contributed by atoms with Gasteiger partial charge in [0.25, 0.3) is 5.91 Å². The molecule has 0 atom stereocenters. The van der Waals surface area contributed by atoms with Crippen molar-refractivity contribution in [2.75, 3.05) is 18.5 Å². The van der Waals surface area contributed by atoms with Gasteiger partial charge in [0.2, 0.25) is 0 Å². The number of hydrogen-bond acceptors (Lipinski definition) is 7. The Morgan fingerprint density at radius 1 is 1.03 bits per heavy atom. The molecule has 0 radical (unpaired) electrons. The third kappa shape index (κ3) is 4.68. The van der Waals surface area contributed by atoms with E-state index in [0.717, 1.165) is 58.3 Å². The molecule has 1 aromatic carbocycles. The second-order valence-electron chi connectivity index (χ2n) is 8.18. The number of benzene rings is 1. The fraction of sp³-hybridized carbons (Fsp3) is 0.385. The summed E-state index contributed by atoms with van der Waals surface area (Å²) in [5, 5.41) is 3.89. The first-order chi connectivity index (χ1) is 16.4. The van der Waals surface area contributed by atoms with E-state index in [2.05, 4.69) is 5.32 Å². The molecule has 1 N–H and O–H groups in total. The van der Waals surface area contributed by atoms with Crippen molar-refractivity contribution >= 4 is 45.1 Å². The van der Waals surface area contributed by atoms with Gasteiger partial charge in [-0.25, -0.2) is 9.59 Å². The lowest BCUT2D eigenvalue weighted by molar-refractivity contribution is -0.119. The van der Waals surface area contributed by atoms with Crippen LogP contribution < -0.4 is 5.32 Å². The quantitative estimate of drug-likeness (QED) is 0.477. The number of aryl methyl sites for hydroxylation is 2. The average Bonchev–Trinajstić information content (AvgIpc) is 3.15. The number of para-hydroxylation sites is 1. The highest BCUT2D eigenvalue weighted by atomic mass is 32.1. The SMILES string of the molecule is CCOC(=O)c1c(NC(=O)COC(=O)c2c3c(nc4ccccc24)CCCC3)sc(C)c1CC. The third-order valence-electron chi connectivity index (χ3n) is 6.00. The number of nitrogens with zero attached hydrogens (tertiary/aromatic N) is 1. The number of amides is 1. The number of ether oxygens (including phenoxy) is 2. The summed E-state index contributed by atoms with van der Waals surface area (Å²) in [4.78, 5) is 44.0. The van der Waals surface area contributed by atoms with Crippen LogP contribution in [0.2, 0.25) is 0 Å². The van der Waals surface area contributed by atoms with Gasteiger partial charge in [-0.05, 0) is 63.1 Å². The number of pyridine rings is 1. The number of esters is 2. The van der Waals surface area contributed by atoms with Crippen LogP contribution in [0.3, 0.4) is 0 Å². The molecule has 0 aliphatic heterocycles. The van der Waals surface area contributed by atoms with Crippen LogP contribution in [-0.4, -0.2) is 36.0 Å². The van der Waals surface area contributed by atoms with Crippen molar-refractivity contribution in [2.24, 2.45) is 0 Å². The van der Waals surface area contributed by atoms with E-state index in [0.29, 0.717) is 22.5 Å². The Labute approximate surface area is 202 Å². The number of carbonyl (C=O) groups is 3. The van der Waals surface area contributed by atoms with Crippen LogP contribution in [0, 0.1) is 6.92 Å². The first kappa shape index (κ1) is 23.9. The van der Waals surface area contributed by atoms with Crippen molar-refractivity contribution in [2.45, 2.75) is 52.9 Å². The zero-order valence-corrected chi connectivity index (χ0v) is 20.5. The number of fused-ring (bicyclic) bond motifs is 2. The van der Waals surface area contributed by atoms with Gasteiger partial charge >= 0.3 is 11.9 Å². The summed E-state index contributed by atoms with van der Waals surface area (Å²) >= 11 is 1.32. The van der Waals surface area contributed by atoms with Crippen molar-refractivity contribution in [3.8, 4) is 0 Å². The van der Waals surface area contributed by atoms with E-state index in [1.54, 1.807) is 6.92 Å². The summed E-state index contributed by atoms with van der Waals surface area (Å²) in [6.07, 6.45) is 4.26. The highest BCUT2D eigenvalue weighted by Gasteiger charge is 2.26. The van der Waals surface area contributed by atoms with Gasteiger partial charge in [0.1, 0.15) is 5.00 Å². The predicted molar refractivity (Wildman–Crippen MR) is 132 cm³/mol. The molecule has 0 unspecified atom stereocenters. The van der Waals surface area contributed by atoms with Crippen LogP contribution >= 0.6 is 11.3 Å². The molecule has 0 spiro atoms. The second-order valence-corrected chi connectivity index (χ2v) is 9.40. The highest BCUT2D eigenvalue weighted by molar-refractivity contribution is 7.16. The number of anilines is 1. The summed E-state index contributed by atoms with van der Waals surface area (Å²) < 4.78 is 10.6. The monoisotopic (exact) mass is 480 g/mol. The number of rotatable bonds is 7. The molecular weight excluding hydrogens is 452 g/mol. The Kier molecular flexibility index (Phi) is 7.26. The van der Waals surface area contributed by atoms with Crippen molar-refractivity contribution < 1.29 is 23.9 Å². The van der Waals surface area contributed by atoms with E-state index in [1.165, 1.54) is 11.3 Å². The van der Waals surface area contributed by atoms with E-state index < -0.39 is 24.5 Å². The van der Waals surface area contributed by atoms with Gasteiger partial charge in [-0.3, -0.25) is 9.78 Å². The zero-order chi connectivity index (χ0) is 24.2. The number of aromatic nitrogens is 1. The van der Waals surface area contributed by atoms with Gasteiger partial charge in [0.15, 0.2) is 6.61 Å². The second kappa shape index (κ2) is 10.3. The molecule has 0 saturated heterocycles. The third-order valence-corrected chi connectivity index (χ3v) is 7.07. The molecule has 1 aliphatic carbocycles. The van der Waals surface area contributed by atoms with Gasteiger partial charge in [-0.2, -0.15) is 0 Å². The summed E-state index contributed by atoms with van der Waals surface area (Å²) in [6.45, 7) is 5.38. The van der Waals surface area contributed by atoms with E-state index in [1.807, 2.05) is 38.1 Å². The average molecular weight is 481 g/mol. The Morgan fingerprint density at radius 3 is 2.53 bits per heavy atom. The molecule has 1 amide bonds. The molecule has 0 fully saturated rings. The lowest BCUT2D eigenvalue weighted by Gasteiger charge is -2.19. The van der Waals surface area contributed by atoms with Gasteiger partial charge < -0.3 is 14.8 Å². The molecule has 178 valence electrons. The van der Waals surface area contributed by atoms with Crippen LogP contribution in [0.1, 0.15) is 69.1 Å². The highest BCUT2D eigenvalue weighted by Crippen LogP contribution is 2.34. The Hall–Kier alpha value is -3.26. The smallest absolute Gasteiger partial charge is 0.341 e. The maximum Gasteiger partial charge on any atom is 0.341 e. The van der Waals surface area contributed by atoms with E-state index in [-0.39, 0.29) is 6.61 Å². The molecule has 34 heavy (non-hydrogen) atoms. The van der Waals surface area contributed by atoms with E-state index >= 15 is 0 Å². The van der Waals surface area contributed by atoms with Crippen molar-refractivity contribution in [1.29, 1.82) is 0 Å². The van der Waals surface area contributed by atoms with Crippen LogP contribution in [0.15, 0.2) is 24.3 Å². The molecule has 1 aliphatic rings. The lowest BCUT2D eigenvalue weighted by atomic mass is 9.90. The molecule has 0 saturated carbocycles. The summed E-state index contributed by atoms with van der Waals surface area (Å²) in [6, 6.07) is 7.50. The molecule has 8 heteroatoms. The fourth-order valence-corrected chi connectivity index (χ4v) is 5.63. The normalized spacial score (nSPS) is 12.8. The minimum Gasteiger partial charge on any atom is -0.462 e. The topological polar surface area (TPSA) is 94.6 Å². The predicted octanol–water partition coefficient (Wildman–Crippen LogP) is 5.02. The van der Waals surface area contributed by atoms with Gasteiger partial charge in [-0.15, -0.1) is 11.3 Å². The number of carbonyl (C=O) groups excluding carboxylic acids is 3. The van der Waals surface area contributed by atoms with Crippen LogP contribution in [0.4, 0.5) is 5.00 Å². The first-order valence-corrected chi connectivity index (χ1v) is 12.4. The maximum atomic E-state index is 13.2. The van der Waals surface area contributed by atoms with Gasteiger partial charge in [0, 0.05) is 16.0 Å². The Bertz CT molecular complexity index is 1260. The van der Waals surface area contributed by atoms with E-state index in [4.69, 9.17) is 14.5 Å². The Morgan fingerprint density at radius 2 is 1.76 bits per heavy atom. The zero-order valence-electron chi connectivity index (χ0n) is 19.7. The summed E-state index contributed by atoms with van der Waals surface area (Å²) in [5.74, 6) is -1.50. The Balaban J connectivity index is 1.54. The van der Waals surface area contributed by atoms with E-state index in [9.17, 15) is 14.4 Å². The fourth-order valence-electron chi connectivity index (χ4n) is 4.48. The molecule has 7 nitrogen and oxygen atoms in total. The number of nitrogens with one attached hydrogen (secondary N) is 1. The molecule has 2 heterocycles. The minimum absolute atomic E-state index is 0.242. The standard InChI is InChI=1S/C26H28N2O5S/c1-4-16-15(3)34-24(23(16)26(31)32-5-2)28-21(29)14-33-25(30)22-17-10-6-8-12-19(17)27-20-13-9-7-11-18(20)22/h6,8,10,12H,4-5,7,9,11,13-14H2,1-3H3,(H,28,29). The molecule has 4 rings (SSSR count). The van der Waals surface area contributed by atoms with Crippen molar-refractivity contribution in [3.05, 3.63) is 57.1 Å². The largest absolute Gasteiger partial charge is 0.462 e. The molecule has 3 aromatic rings. The molecule has 0 bridgehead atoms. The van der Waals surface area contributed by atoms with Crippen molar-refractivity contribution in [1.82, 2.24) is 4.98 Å². The molecule has 2 aromatic heterocycles. The van der Waals surface area contributed by atoms with Gasteiger partial charge in [-0.1, -0.05) is 25.1 Å². The molecular formula is C26H28N2O5S. The van der Waals surface area contributed by atoms with Gasteiger partial charge in [0.05, 0.1) is 23.3 Å². The number of thiophene rings is 1. The first-order valence-electron chi connectivity index (χ1n) is 11.6. The summed E-state index contributed by atoms with van der Waals surface area (Å²) in [5.41, 5.74) is 4.33.